The predicted molar refractivity (Wildman–Crippen MR) is 238 cm³/mol. The molecule has 2 aromatic heterocycles. The van der Waals surface area contributed by atoms with Gasteiger partial charge in [-0.2, -0.15) is 0 Å². The van der Waals surface area contributed by atoms with Crippen LogP contribution >= 0.6 is 0 Å². The van der Waals surface area contributed by atoms with Gasteiger partial charge >= 0.3 is 6.85 Å². The third-order valence-electron chi connectivity index (χ3n) is 12.5. The fourth-order valence-electron chi connectivity index (χ4n) is 10.0. The van der Waals surface area contributed by atoms with Crippen LogP contribution in [-0.4, -0.2) is 21.0 Å². The van der Waals surface area contributed by atoms with E-state index in [4.69, 9.17) is 4.98 Å². The number of rotatable bonds is 5. The minimum atomic E-state index is -0.0977. The van der Waals surface area contributed by atoms with Gasteiger partial charge in [-0.05, 0) is 82.6 Å². The zero-order valence-electron chi connectivity index (χ0n) is 31.8. The number of para-hydroxylation sites is 2. The van der Waals surface area contributed by atoms with E-state index < -0.39 is 0 Å². The van der Waals surface area contributed by atoms with Crippen LogP contribution in [0.2, 0.25) is 0 Å². The van der Waals surface area contributed by atoms with Crippen molar-refractivity contribution >= 4 is 62.0 Å². The summed E-state index contributed by atoms with van der Waals surface area (Å²) in [4.78, 5) is 7.94. The molecule has 5 heteroatoms. The van der Waals surface area contributed by atoms with E-state index in [1.165, 1.54) is 83.2 Å². The van der Waals surface area contributed by atoms with Gasteiger partial charge in [-0.15, -0.1) is 0 Å². The first-order valence-corrected chi connectivity index (χ1v) is 19.9. The van der Waals surface area contributed by atoms with Gasteiger partial charge in [0.1, 0.15) is 5.82 Å². The van der Waals surface area contributed by atoms with Crippen LogP contribution in [0.5, 0.6) is 0 Å². The van der Waals surface area contributed by atoms with Crippen LogP contribution in [-0.2, 0) is 7.05 Å². The monoisotopic (exact) mass is 728 g/mol. The number of benzene rings is 8. The van der Waals surface area contributed by atoms with Gasteiger partial charge in [-0.3, -0.25) is 0 Å². The normalized spacial score (nSPS) is 12.8. The summed E-state index contributed by atoms with van der Waals surface area (Å²) >= 11 is 0. The maximum absolute atomic E-state index is 5.35. The van der Waals surface area contributed by atoms with Crippen LogP contribution in [0, 0.1) is 6.92 Å². The lowest BCUT2D eigenvalue weighted by Gasteiger charge is -2.42. The lowest BCUT2D eigenvalue weighted by molar-refractivity contribution is 0.958. The fourth-order valence-corrected chi connectivity index (χ4v) is 10.0. The molecule has 0 fully saturated rings. The first kappa shape index (κ1) is 32.2. The summed E-state index contributed by atoms with van der Waals surface area (Å²) in [5.74, 6) is 0.987. The van der Waals surface area contributed by atoms with E-state index in [-0.39, 0.29) is 12.8 Å². The van der Waals surface area contributed by atoms with E-state index in [9.17, 15) is 0 Å². The molecule has 4 heterocycles. The zero-order valence-corrected chi connectivity index (χ0v) is 31.8. The van der Waals surface area contributed by atoms with E-state index in [0.717, 1.165) is 22.4 Å². The van der Waals surface area contributed by atoms with Crippen molar-refractivity contribution in [2.45, 2.75) is 12.8 Å². The van der Waals surface area contributed by atoms with Gasteiger partial charge in [0.25, 0.3) is 0 Å². The summed E-state index contributed by atoms with van der Waals surface area (Å²) in [6.45, 7) is 2.07. The Bertz CT molecular complexity index is 3160. The molecular weight excluding hydrogens is 691 g/mol. The van der Waals surface area contributed by atoms with Crippen molar-refractivity contribution < 1.29 is 0 Å². The second kappa shape index (κ2) is 12.2. The molecule has 12 rings (SSSR count). The van der Waals surface area contributed by atoms with Crippen LogP contribution in [0.4, 0.5) is 11.4 Å². The molecule has 268 valence electrons. The Labute approximate surface area is 332 Å². The molecule has 8 aromatic carbocycles. The highest BCUT2D eigenvalue weighted by molar-refractivity contribution is 6.93. The van der Waals surface area contributed by atoms with Crippen LogP contribution in [0.25, 0.3) is 61.0 Å². The van der Waals surface area contributed by atoms with E-state index in [2.05, 4.69) is 210 Å². The Balaban J connectivity index is 1.27. The van der Waals surface area contributed by atoms with Gasteiger partial charge in [0, 0.05) is 51.9 Å². The molecule has 10 aromatic rings. The van der Waals surface area contributed by atoms with E-state index in [1.807, 2.05) is 0 Å². The molecule has 0 saturated carbocycles. The van der Waals surface area contributed by atoms with Crippen LogP contribution < -0.4 is 15.7 Å². The molecule has 0 unspecified atom stereocenters. The summed E-state index contributed by atoms with van der Waals surface area (Å²) in [6, 6.07) is 67.2. The average Bonchev–Trinajstić information content (AvgIpc) is 3.79. The van der Waals surface area contributed by atoms with E-state index in [0.29, 0.717) is 0 Å². The van der Waals surface area contributed by atoms with Crippen LogP contribution in [0.15, 0.2) is 182 Å². The van der Waals surface area contributed by atoms with Crippen molar-refractivity contribution in [3.05, 3.63) is 204 Å². The first-order chi connectivity index (χ1) is 28.1. The third kappa shape index (κ3) is 4.60. The highest BCUT2D eigenvalue weighted by atomic mass is 15.1. The molecule has 57 heavy (non-hydrogen) atoms. The standard InChI is InChI=1S/C52H37BN4/c1-33-26-28-37(29-27-33)57-45-25-15-12-22-38(45)40-30-41(48(34-16-6-3-7-17-34)35-18-8-4-9-19-35)49-39-23-13-14-24-44(39)56-46-32-47-43(31-42(46)53(57)50(40)51(49)56)54-52(55(47)2)36-20-10-5-11-21-36/h3-32,48H,1-2H3. The SMILES string of the molecule is Cc1ccc(N2B3c4cc5nc(-c6ccccc6)n(C)c5cc4-n4c5ccccc5c5c(C(c6ccccc6)c6ccccc6)cc(c3c54)-c3ccccc32)cc1. The number of nitrogens with zero attached hydrogens (tertiary/aromatic N) is 4. The van der Waals surface area contributed by atoms with Crippen LogP contribution in [0.3, 0.4) is 0 Å². The molecule has 0 atom stereocenters. The second-order valence-corrected chi connectivity index (χ2v) is 15.6. The summed E-state index contributed by atoms with van der Waals surface area (Å²) in [5.41, 5.74) is 19.6. The molecule has 0 N–H and O–H groups in total. The van der Waals surface area contributed by atoms with E-state index >= 15 is 0 Å². The summed E-state index contributed by atoms with van der Waals surface area (Å²) in [7, 11) is 2.15. The minimum Gasteiger partial charge on any atom is -0.376 e. The first-order valence-electron chi connectivity index (χ1n) is 19.9. The second-order valence-electron chi connectivity index (χ2n) is 15.6. The number of aryl methyl sites for hydroxylation is 2. The number of hydrogen-bond acceptors (Lipinski definition) is 2. The van der Waals surface area contributed by atoms with Crippen molar-refractivity contribution in [3.8, 4) is 28.2 Å². The number of imidazole rings is 1. The van der Waals surface area contributed by atoms with Gasteiger partial charge in [0.15, 0.2) is 0 Å². The van der Waals surface area contributed by atoms with Crippen molar-refractivity contribution in [2.24, 2.45) is 7.05 Å². The lowest BCUT2D eigenvalue weighted by Crippen LogP contribution is -2.60. The molecule has 0 aliphatic carbocycles. The highest BCUT2D eigenvalue weighted by Crippen LogP contribution is 2.49. The summed E-state index contributed by atoms with van der Waals surface area (Å²) in [5, 5.41) is 2.58. The quantitative estimate of drug-likeness (QED) is 0.130. The Morgan fingerprint density at radius 2 is 1.23 bits per heavy atom. The van der Waals surface area contributed by atoms with Gasteiger partial charge in [-0.25, -0.2) is 4.98 Å². The molecule has 2 aliphatic heterocycles. The number of hydrogen-bond donors (Lipinski definition) is 0. The van der Waals surface area contributed by atoms with Crippen molar-refractivity contribution in [3.63, 3.8) is 0 Å². The molecule has 0 radical (unpaired) electrons. The molecule has 0 spiro atoms. The largest absolute Gasteiger partial charge is 0.376 e. The highest BCUT2D eigenvalue weighted by Gasteiger charge is 2.45. The number of anilines is 2. The number of aromatic nitrogens is 3. The molecule has 4 nitrogen and oxygen atoms in total. The molecule has 0 bridgehead atoms. The molecule has 0 saturated heterocycles. The predicted octanol–water partition coefficient (Wildman–Crippen LogP) is 11.1. The third-order valence-corrected chi connectivity index (χ3v) is 12.5. The summed E-state index contributed by atoms with van der Waals surface area (Å²) in [6.07, 6.45) is 0. The minimum absolute atomic E-state index is 0.0204. The Morgan fingerprint density at radius 1 is 0.579 bits per heavy atom. The Kier molecular flexibility index (Phi) is 6.88. The van der Waals surface area contributed by atoms with Crippen molar-refractivity contribution in [1.29, 1.82) is 0 Å². The van der Waals surface area contributed by atoms with Crippen molar-refractivity contribution in [1.82, 2.24) is 14.1 Å². The Morgan fingerprint density at radius 3 is 1.96 bits per heavy atom. The van der Waals surface area contributed by atoms with E-state index in [1.54, 1.807) is 0 Å². The molecule has 2 aliphatic rings. The molecular formula is C52H37BN4. The average molecular weight is 729 g/mol. The summed E-state index contributed by atoms with van der Waals surface area (Å²) < 4.78 is 4.85. The topological polar surface area (TPSA) is 26.0 Å². The zero-order chi connectivity index (χ0) is 37.8. The lowest BCUT2D eigenvalue weighted by atomic mass is 9.43. The van der Waals surface area contributed by atoms with Crippen LogP contribution in [0.1, 0.15) is 28.2 Å². The number of fused-ring (bicyclic) bond motifs is 9. The van der Waals surface area contributed by atoms with Gasteiger partial charge in [-0.1, -0.05) is 145 Å². The maximum atomic E-state index is 5.35. The molecule has 0 amide bonds. The van der Waals surface area contributed by atoms with Gasteiger partial charge in [0.05, 0.1) is 22.1 Å². The van der Waals surface area contributed by atoms with Gasteiger partial charge < -0.3 is 13.9 Å². The van der Waals surface area contributed by atoms with Crippen molar-refractivity contribution in [2.75, 3.05) is 4.81 Å². The fraction of sp³-hybridized carbons (Fsp3) is 0.0577. The smallest absolute Gasteiger partial charge is 0.333 e. The van der Waals surface area contributed by atoms with Gasteiger partial charge in [0.2, 0.25) is 0 Å². The Hall–Kier alpha value is -7.11. The maximum Gasteiger partial charge on any atom is 0.333 e.